The maximum Gasteiger partial charge on any atom is 0.573 e. The number of benzene rings is 2. The molecule has 1 fully saturated rings. The number of halogens is 3. The lowest BCUT2D eigenvalue weighted by atomic mass is 9.99. The van der Waals surface area contributed by atoms with Crippen LogP contribution < -0.4 is 9.64 Å². The van der Waals surface area contributed by atoms with Gasteiger partial charge in [-0.2, -0.15) is 0 Å². The minimum Gasteiger partial charge on any atom is -0.507 e. The van der Waals surface area contributed by atoms with Crippen molar-refractivity contribution in [3.05, 3.63) is 42.5 Å². The van der Waals surface area contributed by atoms with E-state index in [1.165, 1.54) is 18.2 Å². The van der Waals surface area contributed by atoms with Crippen molar-refractivity contribution < 1.29 is 23.0 Å². The summed E-state index contributed by atoms with van der Waals surface area (Å²) in [5, 5.41) is 10.7. The highest BCUT2D eigenvalue weighted by molar-refractivity contribution is 5.92. The number of hydrogen-bond acceptors (Lipinski definition) is 5. The normalized spacial score (nSPS) is 15.7. The van der Waals surface area contributed by atoms with Crippen molar-refractivity contribution in [1.82, 2.24) is 9.97 Å². The van der Waals surface area contributed by atoms with Crippen LogP contribution >= 0.6 is 0 Å². The molecular formula is C21H20F3N3O2. The summed E-state index contributed by atoms with van der Waals surface area (Å²) in [6.45, 7) is 3.67. The highest BCUT2D eigenvalue weighted by Gasteiger charge is 2.31. The number of anilines is 1. The average Bonchev–Trinajstić information content (AvgIpc) is 2.67. The van der Waals surface area contributed by atoms with Crippen molar-refractivity contribution in [2.75, 3.05) is 18.0 Å². The Labute approximate surface area is 165 Å². The number of rotatable bonds is 3. The molecule has 0 atom stereocenters. The van der Waals surface area contributed by atoms with Crippen molar-refractivity contribution >= 4 is 16.7 Å². The Kier molecular flexibility index (Phi) is 4.94. The van der Waals surface area contributed by atoms with Crippen LogP contribution in [-0.2, 0) is 0 Å². The van der Waals surface area contributed by atoms with Crippen molar-refractivity contribution in [2.45, 2.75) is 26.1 Å². The zero-order valence-corrected chi connectivity index (χ0v) is 15.8. The number of phenolic OH excluding ortho intramolecular Hbond substituents is 1. The van der Waals surface area contributed by atoms with Crippen molar-refractivity contribution in [1.29, 1.82) is 0 Å². The van der Waals surface area contributed by atoms with E-state index >= 15 is 0 Å². The first-order chi connectivity index (χ1) is 13.8. The molecule has 1 aliphatic heterocycles. The molecule has 152 valence electrons. The number of para-hydroxylation sites is 1. The van der Waals surface area contributed by atoms with Crippen LogP contribution in [0.15, 0.2) is 42.5 Å². The van der Waals surface area contributed by atoms with Crippen LogP contribution in [0, 0.1) is 5.92 Å². The summed E-state index contributed by atoms with van der Waals surface area (Å²) >= 11 is 0. The third-order valence-corrected chi connectivity index (χ3v) is 5.11. The topological polar surface area (TPSA) is 58.5 Å². The Hall–Kier alpha value is -3.03. The number of ether oxygens (including phenoxy) is 1. The summed E-state index contributed by atoms with van der Waals surface area (Å²) in [6, 6.07) is 10.8. The molecule has 1 aliphatic rings. The van der Waals surface area contributed by atoms with Gasteiger partial charge in [-0.1, -0.05) is 19.1 Å². The maximum atomic E-state index is 12.7. The van der Waals surface area contributed by atoms with Gasteiger partial charge in [-0.05, 0) is 49.1 Å². The first kappa shape index (κ1) is 19.3. The number of phenols is 1. The molecule has 5 nitrogen and oxygen atoms in total. The zero-order chi connectivity index (χ0) is 20.6. The molecule has 0 aliphatic carbocycles. The number of aromatic nitrogens is 2. The molecule has 0 spiro atoms. The predicted octanol–water partition coefficient (Wildman–Crippen LogP) is 5.14. The number of piperidine rings is 1. The average molecular weight is 403 g/mol. The second-order valence-electron chi connectivity index (χ2n) is 7.28. The molecule has 0 bridgehead atoms. The van der Waals surface area contributed by atoms with Crippen LogP contribution in [0.1, 0.15) is 19.8 Å². The van der Waals surface area contributed by atoms with Gasteiger partial charge in [-0.3, -0.25) is 0 Å². The van der Waals surface area contributed by atoms with E-state index in [1.54, 1.807) is 24.3 Å². The van der Waals surface area contributed by atoms with Crippen LogP contribution in [0.25, 0.3) is 22.3 Å². The summed E-state index contributed by atoms with van der Waals surface area (Å²) in [6.07, 6.45) is -2.84. The summed E-state index contributed by atoms with van der Waals surface area (Å²) < 4.78 is 42.1. The fourth-order valence-electron chi connectivity index (χ4n) is 3.53. The Bertz CT molecular complexity index is 1030. The lowest BCUT2D eigenvalue weighted by Crippen LogP contribution is -2.33. The van der Waals surface area contributed by atoms with Crippen molar-refractivity contribution in [3.63, 3.8) is 0 Å². The van der Waals surface area contributed by atoms with Crippen molar-refractivity contribution in [3.8, 4) is 22.9 Å². The largest absolute Gasteiger partial charge is 0.573 e. The molecule has 2 heterocycles. The van der Waals surface area contributed by atoms with Gasteiger partial charge in [0.2, 0.25) is 0 Å². The number of hydrogen-bond donors (Lipinski definition) is 1. The molecule has 1 N–H and O–H groups in total. The van der Waals surface area contributed by atoms with Crippen LogP contribution in [0.5, 0.6) is 11.5 Å². The van der Waals surface area contributed by atoms with E-state index in [0.717, 1.165) is 25.9 Å². The number of alkyl halides is 3. The second kappa shape index (κ2) is 7.42. The number of nitrogens with zero attached hydrogens (tertiary/aromatic N) is 3. The van der Waals surface area contributed by atoms with E-state index in [2.05, 4.69) is 26.5 Å². The quantitative estimate of drug-likeness (QED) is 0.656. The lowest BCUT2D eigenvalue weighted by Gasteiger charge is -2.32. The molecule has 2 aromatic carbocycles. The number of aromatic hydroxyl groups is 1. The van der Waals surface area contributed by atoms with Gasteiger partial charge in [0.25, 0.3) is 0 Å². The maximum absolute atomic E-state index is 12.7. The van der Waals surface area contributed by atoms with Crippen LogP contribution in [-0.4, -0.2) is 34.5 Å². The van der Waals surface area contributed by atoms with E-state index in [9.17, 15) is 18.3 Å². The lowest BCUT2D eigenvalue weighted by molar-refractivity contribution is -0.274. The highest BCUT2D eigenvalue weighted by Crippen LogP contribution is 2.35. The molecule has 3 aromatic rings. The minimum absolute atomic E-state index is 0.0436. The summed E-state index contributed by atoms with van der Waals surface area (Å²) in [4.78, 5) is 11.2. The van der Waals surface area contributed by atoms with E-state index in [1.807, 2.05) is 0 Å². The third-order valence-electron chi connectivity index (χ3n) is 5.11. The third kappa shape index (κ3) is 4.21. The van der Waals surface area contributed by atoms with Gasteiger partial charge in [0.1, 0.15) is 17.3 Å². The molecule has 0 radical (unpaired) electrons. The molecule has 4 rings (SSSR count). The molecule has 0 saturated carbocycles. The molecule has 0 amide bonds. The zero-order valence-electron chi connectivity index (χ0n) is 15.8. The van der Waals surface area contributed by atoms with Crippen LogP contribution in [0.2, 0.25) is 0 Å². The van der Waals surface area contributed by atoms with Crippen molar-refractivity contribution in [2.24, 2.45) is 5.92 Å². The Balaban J connectivity index is 1.86. The van der Waals surface area contributed by atoms with Gasteiger partial charge in [-0.15, -0.1) is 13.2 Å². The van der Waals surface area contributed by atoms with E-state index in [4.69, 9.17) is 0 Å². The first-order valence-corrected chi connectivity index (χ1v) is 9.41. The number of fused-ring (bicyclic) bond motifs is 1. The molecule has 8 heteroatoms. The standard InChI is InChI=1S/C21H20F3N3O2/c1-13-8-10-27(11-9-13)20-16-12-14(29-21(22,23)24)6-7-17(16)25-19(26-20)15-4-2-3-5-18(15)28/h2-7,12-13,28H,8-11H2,1H3. The Morgan fingerprint density at radius 1 is 1.07 bits per heavy atom. The molecule has 1 aromatic heterocycles. The molecule has 29 heavy (non-hydrogen) atoms. The van der Waals surface area contributed by atoms with E-state index in [0.29, 0.717) is 34.0 Å². The van der Waals surface area contributed by atoms with Gasteiger partial charge in [0, 0.05) is 18.5 Å². The minimum atomic E-state index is -4.77. The fraction of sp³-hybridized carbons (Fsp3) is 0.333. The van der Waals surface area contributed by atoms with E-state index < -0.39 is 6.36 Å². The molecular weight excluding hydrogens is 383 g/mol. The van der Waals surface area contributed by atoms with Crippen LogP contribution in [0.3, 0.4) is 0 Å². The first-order valence-electron chi connectivity index (χ1n) is 9.41. The van der Waals surface area contributed by atoms with Gasteiger partial charge < -0.3 is 14.7 Å². The Morgan fingerprint density at radius 3 is 2.48 bits per heavy atom. The second-order valence-corrected chi connectivity index (χ2v) is 7.28. The van der Waals surface area contributed by atoms with Crippen LogP contribution in [0.4, 0.5) is 19.0 Å². The van der Waals surface area contributed by atoms with Gasteiger partial charge in [0.15, 0.2) is 5.82 Å². The molecule has 0 unspecified atom stereocenters. The summed E-state index contributed by atoms with van der Waals surface area (Å²) in [5.41, 5.74) is 0.957. The Morgan fingerprint density at radius 2 is 1.79 bits per heavy atom. The van der Waals surface area contributed by atoms with Gasteiger partial charge in [-0.25, -0.2) is 9.97 Å². The van der Waals surface area contributed by atoms with E-state index in [-0.39, 0.29) is 11.5 Å². The monoisotopic (exact) mass is 403 g/mol. The van der Waals surface area contributed by atoms with Gasteiger partial charge in [0.05, 0.1) is 11.1 Å². The highest BCUT2D eigenvalue weighted by atomic mass is 19.4. The predicted molar refractivity (Wildman–Crippen MR) is 104 cm³/mol. The summed E-state index contributed by atoms with van der Waals surface area (Å²) in [5.74, 6) is 1.19. The molecule has 1 saturated heterocycles. The smallest absolute Gasteiger partial charge is 0.507 e. The summed E-state index contributed by atoms with van der Waals surface area (Å²) in [7, 11) is 0. The fourth-order valence-corrected chi connectivity index (χ4v) is 3.53. The SMILES string of the molecule is CC1CCN(c2nc(-c3ccccc3O)nc3ccc(OC(F)(F)F)cc23)CC1. The van der Waals surface area contributed by atoms with Gasteiger partial charge >= 0.3 is 6.36 Å².